The van der Waals surface area contributed by atoms with E-state index in [1.165, 1.54) is 12.1 Å². The Kier molecular flexibility index (Phi) is 3.90. The molecule has 1 saturated heterocycles. The molecule has 0 N–H and O–H groups in total. The number of halogens is 1. The molecular formula is C15H20FNO2. The second-order valence-electron chi connectivity index (χ2n) is 5.66. The van der Waals surface area contributed by atoms with Crippen LogP contribution in [0.5, 0.6) is 5.75 Å². The fourth-order valence-corrected chi connectivity index (χ4v) is 2.46. The van der Waals surface area contributed by atoms with Gasteiger partial charge in [-0.3, -0.25) is 9.69 Å². The van der Waals surface area contributed by atoms with E-state index >= 15 is 0 Å². The Labute approximate surface area is 113 Å². The van der Waals surface area contributed by atoms with Gasteiger partial charge in [-0.25, -0.2) is 4.39 Å². The Morgan fingerprint density at radius 2 is 2.16 bits per heavy atom. The van der Waals surface area contributed by atoms with E-state index in [9.17, 15) is 9.18 Å². The number of rotatable bonds is 3. The van der Waals surface area contributed by atoms with Crippen molar-refractivity contribution in [1.29, 1.82) is 0 Å². The lowest BCUT2D eigenvalue weighted by Gasteiger charge is -2.41. The monoisotopic (exact) mass is 265 g/mol. The van der Waals surface area contributed by atoms with Gasteiger partial charge in [-0.2, -0.15) is 0 Å². The number of hydrogen-bond donors (Lipinski definition) is 0. The van der Waals surface area contributed by atoms with E-state index in [1.807, 2.05) is 0 Å². The summed E-state index contributed by atoms with van der Waals surface area (Å²) in [6, 6.07) is 4.49. The summed E-state index contributed by atoms with van der Waals surface area (Å²) in [5, 5.41) is 0. The average Bonchev–Trinajstić information content (AvgIpc) is 2.35. The summed E-state index contributed by atoms with van der Waals surface area (Å²) in [5.74, 6) is 0.627. The highest BCUT2D eigenvalue weighted by Crippen LogP contribution is 2.30. The van der Waals surface area contributed by atoms with Gasteiger partial charge in [0.15, 0.2) is 0 Å². The number of carbonyl (C=O) groups is 1. The number of hydrogen-bond acceptors (Lipinski definition) is 3. The molecule has 0 aliphatic carbocycles. The average molecular weight is 265 g/mol. The Hall–Kier alpha value is -1.42. The molecule has 1 heterocycles. The molecule has 3 nitrogen and oxygen atoms in total. The van der Waals surface area contributed by atoms with Gasteiger partial charge in [0.1, 0.15) is 17.3 Å². The van der Waals surface area contributed by atoms with Crippen LogP contribution in [-0.4, -0.2) is 29.9 Å². The summed E-state index contributed by atoms with van der Waals surface area (Å²) in [7, 11) is 1.57. The van der Waals surface area contributed by atoms with Crippen molar-refractivity contribution >= 4 is 5.78 Å². The summed E-state index contributed by atoms with van der Waals surface area (Å²) in [5.41, 5.74) is 0.732. The second kappa shape index (κ2) is 5.29. The first-order chi connectivity index (χ1) is 8.92. The highest BCUT2D eigenvalue weighted by molar-refractivity contribution is 5.81. The molecule has 0 unspecified atom stereocenters. The van der Waals surface area contributed by atoms with Gasteiger partial charge in [0.25, 0.3) is 0 Å². The molecule has 2 rings (SSSR count). The van der Waals surface area contributed by atoms with Gasteiger partial charge in [0.2, 0.25) is 0 Å². The van der Waals surface area contributed by atoms with Crippen molar-refractivity contribution in [3.05, 3.63) is 29.6 Å². The smallest absolute Gasteiger partial charge is 0.146 e. The van der Waals surface area contributed by atoms with Crippen LogP contribution >= 0.6 is 0 Å². The Bertz CT molecular complexity index is 485. The minimum Gasteiger partial charge on any atom is -0.496 e. The molecule has 19 heavy (non-hydrogen) atoms. The standard InChI is InChI=1S/C15H20FNO2/c1-15(2)7-6-13(18)10-17(15)9-11-8-12(16)4-5-14(11)19-3/h4-5,8H,6-7,9-10H2,1-3H3. The second-order valence-corrected chi connectivity index (χ2v) is 5.66. The number of piperidine rings is 1. The first-order valence-corrected chi connectivity index (χ1v) is 6.51. The van der Waals surface area contributed by atoms with Crippen molar-refractivity contribution in [2.75, 3.05) is 13.7 Å². The van der Waals surface area contributed by atoms with Crippen molar-refractivity contribution in [2.24, 2.45) is 0 Å². The molecule has 1 aliphatic rings. The normalized spacial score (nSPS) is 19.5. The zero-order valence-corrected chi connectivity index (χ0v) is 11.7. The van der Waals surface area contributed by atoms with Gasteiger partial charge in [0, 0.05) is 24.1 Å². The van der Waals surface area contributed by atoms with Gasteiger partial charge in [-0.15, -0.1) is 0 Å². The predicted molar refractivity (Wildman–Crippen MR) is 71.7 cm³/mol. The third-order valence-electron chi connectivity index (χ3n) is 3.84. The Morgan fingerprint density at radius 1 is 1.42 bits per heavy atom. The van der Waals surface area contributed by atoms with Gasteiger partial charge >= 0.3 is 0 Å². The van der Waals surface area contributed by atoms with E-state index in [0.29, 0.717) is 25.3 Å². The van der Waals surface area contributed by atoms with E-state index in [0.717, 1.165) is 12.0 Å². The maximum atomic E-state index is 13.4. The molecule has 0 aromatic heterocycles. The lowest BCUT2D eigenvalue weighted by Crippen LogP contribution is -2.50. The highest BCUT2D eigenvalue weighted by Gasteiger charge is 2.33. The third-order valence-corrected chi connectivity index (χ3v) is 3.84. The summed E-state index contributed by atoms with van der Waals surface area (Å²) in [4.78, 5) is 13.7. The van der Waals surface area contributed by atoms with Crippen LogP contribution in [0.4, 0.5) is 4.39 Å². The van der Waals surface area contributed by atoms with Crippen molar-refractivity contribution in [3.63, 3.8) is 0 Å². The zero-order valence-electron chi connectivity index (χ0n) is 11.7. The van der Waals surface area contributed by atoms with Crippen LogP contribution in [-0.2, 0) is 11.3 Å². The quantitative estimate of drug-likeness (QED) is 0.841. The topological polar surface area (TPSA) is 29.5 Å². The maximum absolute atomic E-state index is 13.4. The Balaban J connectivity index is 2.24. The van der Waals surface area contributed by atoms with Crippen LogP contribution in [0.2, 0.25) is 0 Å². The third kappa shape index (κ3) is 3.13. The molecular weight excluding hydrogens is 245 g/mol. The van der Waals surface area contributed by atoms with Crippen molar-refractivity contribution in [1.82, 2.24) is 4.90 Å². The van der Waals surface area contributed by atoms with Gasteiger partial charge in [-0.1, -0.05) is 0 Å². The fourth-order valence-electron chi connectivity index (χ4n) is 2.46. The molecule has 0 saturated carbocycles. The Morgan fingerprint density at radius 3 is 2.84 bits per heavy atom. The number of methoxy groups -OCH3 is 1. The SMILES string of the molecule is COc1ccc(F)cc1CN1CC(=O)CCC1(C)C. The van der Waals surface area contributed by atoms with E-state index in [-0.39, 0.29) is 17.1 Å². The largest absolute Gasteiger partial charge is 0.496 e. The number of likely N-dealkylation sites (tertiary alicyclic amines) is 1. The molecule has 0 radical (unpaired) electrons. The number of benzene rings is 1. The fraction of sp³-hybridized carbons (Fsp3) is 0.533. The van der Waals surface area contributed by atoms with Crippen LogP contribution in [0, 0.1) is 5.82 Å². The number of nitrogens with zero attached hydrogens (tertiary/aromatic N) is 1. The van der Waals surface area contributed by atoms with Crippen LogP contribution in [0.3, 0.4) is 0 Å². The number of ether oxygens (including phenoxy) is 1. The van der Waals surface area contributed by atoms with E-state index in [1.54, 1.807) is 13.2 Å². The molecule has 1 fully saturated rings. The summed E-state index contributed by atoms with van der Waals surface area (Å²) in [6.07, 6.45) is 1.47. The molecule has 104 valence electrons. The van der Waals surface area contributed by atoms with Crippen LogP contribution in [0.15, 0.2) is 18.2 Å². The maximum Gasteiger partial charge on any atom is 0.146 e. The van der Waals surface area contributed by atoms with Crippen molar-refractivity contribution in [3.8, 4) is 5.75 Å². The number of carbonyl (C=O) groups excluding carboxylic acids is 1. The van der Waals surface area contributed by atoms with Gasteiger partial charge in [-0.05, 0) is 38.5 Å². The first kappa shape index (κ1) is 14.0. The van der Waals surface area contributed by atoms with Gasteiger partial charge < -0.3 is 4.74 Å². The summed E-state index contributed by atoms with van der Waals surface area (Å²) >= 11 is 0. The van der Waals surface area contributed by atoms with E-state index in [2.05, 4.69) is 18.7 Å². The lowest BCUT2D eigenvalue weighted by molar-refractivity contribution is -0.126. The van der Waals surface area contributed by atoms with E-state index < -0.39 is 0 Å². The predicted octanol–water partition coefficient (Wildman–Crippen LogP) is 2.78. The number of ketones is 1. The minimum absolute atomic E-state index is 0.0504. The van der Waals surface area contributed by atoms with E-state index in [4.69, 9.17) is 4.74 Å². The molecule has 1 aromatic rings. The molecule has 0 spiro atoms. The number of Topliss-reactive ketones (excluding diaryl/α,β-unsaturated/α-hetero) is 1. The molecule has 0 bridgehead atoms. The minimum atomic E-state index is -0.281. The van der Waals surface area contributed by atoms with Gasteiger partial charge in [0.05, 0.1) is 13.7 Å². The first-order valence-electron chi connectivity index (χ1n) is 6.51. The van der Waals surface area contributed by atoms with Crippen LogP contribution in [0.25, 0.3) is 0 Å². The molecule has 1 aromatic carbocycles. The molecule has 0 atom stereocenters. The molecule has 0 amide bonds. The summed E-state index contributed by atoms with van der Waals surface area (Å²) in [6.45, 7) is 5.18. The van der Waals surface area contributed by atoms with Crippen LogP contribution in [0.1, 0.15) is 32.3 Å². The lowest BCUT2D eigenvalue weighted by atomic mass is 9.89. The van der Waals surface area contributed by atoms with Crippen molar-refractivity contribution < 1.29 is 13.9 Å². The zero-order chi connectivity index (χ0) is 14.0. The summed E-state index contributed by atoms with van der Waals surface area (Å²) < 4.78 is 18.6. The molecule has 1 aliphatic heterocycles. The van der Waals surface area contributed by atoms with Crippen molar-refractivity contribution in [2.45, 2.75) is 38.8 Å². The van der Waals surface area contributed by atoms with Crippen LogP contribution < -0.4 is 4.74 Å². The highest BCUT2D eigenvalue weighted by atomic mass is 19.1. The molecule has 4 heteroatoms.